The fourth-order valence-electron chi connectivity index (χ4n) is 8.29. The minimum atomic E-state index is -0.578. The number of halogens is 1. The monoisotopic (exact) mass is 667 g/mol. The number of fused-ring (bicyclic) bond motifs is 1. The van der Waals surface area contributed by atoms with Crippen LogP contribution < -0.4 is 10.6 Å². The molecule has 0 bridgehead atoms. The first-order chi connectivity index (χ1) is 23.7. The summed E-state index contributed by atoms with van der Waals surface area (Å²) in [5.41, 5.74) is 6.68. The molecule has 10 heteroatoms. The molecule has 0 radical (unpaired) electrons. The van der Waals surface area contributed by atoms with Gasteiger partial charge in [-0.15, -0.1) is 0 Å². The normalized spacial score (nSPS) is 21.2. The summed E-state index contributed by atoms with van der Waals surface area (Å²) in [6.45, 7) is 12.5. The van der Waals surface area contributed by atoms with Crippen LogP contribution in [-0.2, 0) is 6.42 Å². The van der Waals surface area contributed by atoms with Gasteiger partial charge in [-0.1, -0.05) is 38.1 Å². The Labute approximate surface area is 288 Å². The van der Waals surface area contributed by atoms with Gasteiger partial charge in [-0.05, 0) is 118 Å². The van der Waals surface area contributed by atoms with E-state index in [0.29, 0.717) is 40.3 Å². The predicted molar refractivity (Wildman–Crippen MR) is 193 cm³/mol. The molecule has 1 spiro atoms. The van der Waals surface area contributed by atoms with Crippen LogP contribution in [0.2, 0.25) is 0 Å². The lowest BCUT2D eigenvalue weighted by molar-refractivity contribution is 0.0746. The van der Waals surface area contributed by atoms with E-state index in [0.717, 1.165) is 36.0 Å². The summed E-state index contributed by atoms with van der Waals surface area (Å²) in [6, 6.07) is 13.5. The topological polar surface area (TPSA) is 109 Å². The zero-order valence-corrected chi connectivity index (χ0v) is 29.1. The van der Waals surface area contributed by atoms with E-state index in [2.05, 4.69) is 68.6 Å². The number of nitrogens with zero attached hydrogens (tertiary/aromatic N) is 4. The number of β-amino-alcohol motifs (C(OH)–C–C–N with tert-alkyl or cyclic N) is 1. The minimum absolute atomic E-state index is 0.0168. The van der Waals surface area contributed by atoms with Crippen LogP contribution in [0.5, 0.6) is 0 Å². The summed E-state index contributed by atoms with van der Waals surface area (Å²) in [4.78, 5) is 30.0. The molecular formula is C39H50FN7O2. The van der Waals surface area contributed by atoms with Gasteiger partial charge in [0.25, 0.3) is 0 Å². The number of benzene rings is 2. The number of aromatic amines is 1. The van der Waals surface area contributed by atoms with Gasteiger partial charge in [0.15, 0.2) is 0 Å². The Hall–Kier alpha value is -3.86. The van der Waals surface area contributed by atoms with Crippen molar-refractivity contribution in [1.82, 2.24) is 30.1 Å². The average Bonchev–Trinajstić information content (AvgIpc) is 3.70. The van der Waals surface area contributed by atoms with E-state index < -0.39 is 18.0 Å². The third-order valence-electron chi connectivity index (χ3n) is 11.4. The molecule has 0 aliphatic carbocycles. The minimum Gasteiger partial charge on any atom is -0.391 e. The molecule has 5 heterocycles. The molecule has 260 valence electrons. The van der Waals surface area contributed by atoms with Gasteiger partial charge in [0, 0.05) is 42.2 Å². The van der Waals surface area contributed by atoms with E-state index in [-0.39, 0.29) is 18.2 Å². The molecule has 9 nitrogen and oxygen atoms in total. The lowest BCUT2D eigenvalue weighted by Crippen LogP contribution is -2.45. The van der Waals surface area contributed by atoms with E-state index in [9.17, 15) is 9.90 Å². The van der Waals surface area contributed by atoms with Gasteiger partial charge in [-0.25, -0.2) is 19.2 Å². The molecule has 7 rings (SSSR count). The second-order valence-corrected chi connectivity index (χ2v) is 15.1. The van der Waals surface area contributed by atoms with Gasteiger partial charge in [0.05, 0.1) is 17.5 Å². The fraction of sp³-hybridized carbons (Fsp3) is 0.513. The number of urea groups is 1. The summed E-state index contributed by atoms with van der Waals surface area (Å²) in [7, 11) is 0. The van der Waals surface area contributed by atoms with Crippen molar-refractivity contribution < 1.29 is 14.3 Å². The van der Waals surface area contributed by atoms with Crippen molar-refractivity contribution in [2.24, 2.45) is 17.3 Å². The molecule has 3 saturated heterocycles. The van der Waals surface area contributed by atoms with Crippen LogP contribution in [0.15, 0.2) is 48.8 Å². The number of carbonyl (C=O) groups excluding carboxylic acids is 1. The third kappa shape index (κ3) is 7.23. The summed E-state index contributed by atoms with van der Waals surface area (Å²) in [5.74, 6) is -0.0821. The van der Waals surface area contributed by atoms with Crippen LogP contribution in [-0.4, -0.2) is 87.8 Å². The van der Waals surface area contributed by atoms with E-state index in [1.54, 1.807) is 17.9 Å². The Morgan fingerprint density at radius 1 is 1.06 bits per heavy atom. The molecule has 4 N–H and O–H groups in total. The summed E-state index contributed by atoms with van der Waals surface area (Å²) in [5, 5.41) is 17.7. The first-order valence-corrected chi connectivity index (χ1v) is 18.1. The number of anilines is 1. The van der Waals surface area contributed by atoms with Gasteiger partial charge in [-0.3, -0.25) is 0 Å². The lowest BCUT2D eigenvalue weighted by atomic mass is 9.71. The maximum atomic E-state index is 15.2. The van der Waals surface area contributed by atoms with Crippen LogP contribution in [0.4, 0.5) is 14.9 Å². The smallest absolute Gasteiger partial charge is 0.322 e. The van der Waals surface area contributed by atoms with E-state index >= 15 is 4.39 Å². The molecule has 2 amide bonds. The highest BCUT2D eigenvalue weighted by Crippen LogP contribution is 2.40. The van der Waals surface area contributed by atoms with E-state index in [1.807, 2.05) is 6.07 Å². The summed E-state index contributed by atoms with van der Waals surface area (Å²) in [6.07, 6.45) is 8.12. The van der Waals surface area contributed by atoms with Crippen molar-refractivity contribution >= 4 is 22.8 Å². The highest BCUT2D eigenvalue weighted by molar-refractivity contribution is 5.97. The molecule has 3 aliphatic rings. The predicted octanol–water partition coefficient (Wildman–Crippen LogP) is 6.62. The average molecular weight is 668 g/mol. The number of hydrogen-bond acceptors (Lipinski definition) is 6. The number of likely N-dealkylation sites (tertiary alicyclic amines) is 2. The summed E-state index contributed by atoms with van der Waals surface area (Å²) < 4.78 is 15.2. The van der Waals surface area contributed by atoms with Crippen LogP contribution in [0.25, 0.3) is 33.5 Å². The number of rotatable bonds is 8. The molecule has 0 unspecified atom stereocenters. The Bertz CT molecular complexity index is 1770. The molecular weight excluding hydrogens is 617 g/mol. The first kappa shape index (κ1) is 33.6. The van der Waals surface area contributed by atoms with Gasteiger partial charge in [0.1, 0.15) is 17.8 Å². The third-order valence-corrected chi connectivity index (χ3v) is 11.4. The molecule has 3 fully saturated rings. The Balaban J connectivity index is 1.03. The number of aromatic nitrogens is 3. The summed E-state index contributed by atoms with van der Waals surface area (Å²) >= 11 is 0. The number of piperidine rings is 2. The van der Waals surface area contributed by atoms with Crippen LogP contribution in [0.1, 0.15) is 57.1 Å². The highest BCUT2D eigenvalue weighted by Gasteiger charge is 2.36. The maximum absolute atomic E-state index is 15.2. The van der Waals surface area contributed by atoms with Crippen molar-refractivity contribution in [3.63, 3.8) is 0 Å². The molecule has 2 aromatic heterocycles. The number of amides is 2. The quantitative estimate of drug-likeness (QED) is 0.168. The lowest BCUT2D eigenvalue weighted by Gasteiger charge is -2.44. The van der Waals surface area contributed by atoms with E-state index in [1.165, 1.54) is 69.8 Å². The standard InChI is InChI=1S/C39H50FN7O2/c1-25(2)20-29-22-47(23-34(29)48)38(49)45-35-26(3)30(8-9-32(35)40)36-31-21-33(44-37(31)43-24-42-36)28-6-4-27(5-7-28)10-17-46-18-13-39(14-19-46)11-15-41-16-12-39/h4-9,21,24-25,29,34,41,48H,10-20,22-23H2,1-3H3,(H,45,49)(H,42,43,44)/t29-,34-/m0/s1. The second-order valence-electron chi connectivity index (χ2n) is 15.1. The zero-order chi connectivity index (χ0) is 34.1. The fourth-order valence-corrected chi connectivity index (χ4v) is 8.29. The Morgan fingerprint density at radius 2 is 1.82 bits per heavy atom. The van der Waals surface area contributed by atoms with Crippen LogP contribution in [0, 0.1) is 30.0 Å². The highest BCUT2D eigenvalue weighted by atomic mass is 19.1. The number of nitrogens with one attached hydrogen (secondary N) is 3. The maximum Gasteiger partial charge on any atom is 0.322 e. The van der Waals surface area contributed by atoms with Crippen molar-refractivity contribution in [2.75, 3.05) is 51.1 Å². The van der Waals surface area contributed by atoms with Crippen LogP contribution in [0.3, 0.4) is 0 Å². The van der Waals surface area contributed by atoms with Crippen molar-refractivity contribution in [3.8, 4) is 22.5 Å². The van der Waals surface area contributed by atoms with Crippen molar-refractivity contribution in [3.05, 3.63) is 65.7 Å². The van der Waals surface area contributed by atoms with Gasteiger partial charge < -0.3 is 30.5 Å². The molecule has 3 aliphatic heterocycles. The SMILES string of the molecule is Cc1c(-c2ncnc3[nH]c(-c4ccc(CCN5CCC6(CCNCC6)CC5)cc4)cc23)ccc(F)c1NC(=O)N1C[C@H](CC(C)C)[C@@H](O)C1. The van der Waals surface area contributed by atoms with Crippen molar-refractivity contribution in [1.29, 1.82) is 0 Å². The molecule has 2 aromatic carbocycles. The van der Waals surface area contributed by atoms with Crippen LogP contribution >= 0.6 is 0 Å². The Morgan fingerprint density at radius 3 is 2.55 bits per heavy atom. The molecule has 4 aromatic rings. The number of aliphatic hydroxyl groups excluding tert-OH is 1. The molecule has 49 heavy (non-hydrogen) atoms. The van der Waals surface area contributed by atoms with Crippen molar-refractivity contribution in [2.45, 2.75) is 65.4 Å². The molecule has 2 atom stereocenters. The van der Waals surface area contributed by atoms with Gasteiger partial charge in [0.2, 0.25) is 0 Å². The number of H-pyrrole nitrogens is 1. The second kappa shape index (κ2) is 14.2. The molecule has 0 saturated carbocycles. The first-order valence-electron chi connectivity index (χ1n) is 18.1. The number of aliphatic hydroxyl groups is 1. The Kier molecular flexibility index (Phi) is 9.72. The number of hydrogen-bond donors (Lipinski definition) is 4. The van der Waals surface area contributed by atoms with Gasteiger partial charge >= 0.3 is 6.03 Å². The largest absolute Gasteiger partial charge is 0.391 e. The van der Waals surface area contributed by atoms with Gasteiger partial charge in [-0.2, -0.15) is 0 Å². The number of carbonyl (C=O) groups is 1. The zero-order valence-electron chi connectivity index (χ0n) is 29.1. The van der Waals surface area contributed by atoms with E-state index in [4.69, 9.17) is 0 Å².